The summed E-state index contributed by atoms with van der Waals surface area (Å²) in [5, 5.41) is 25.8. The number of nitrogens with one attached hydrogen (secondary N) is 4. The van der Waals surface area contributed by atoms with Crippen LogP contribution < -0.4 is 20.7 Å². The van der Waals surface area contributed by atoms with Crippen molar-refractivity contribution in [1.29, 1.82) is 5.41 Å². The number of carbonyl (C=O) groups is 3. The van der Waals surface area contributed by atoms with E-state index in [0.717, 1.165) is 16.7 Å². The summed E-state index contributed by atoms with van der Waals surface area (Å²) in [6.45, 7) is 2.40. The van der Waals surface area contributed by atoms with Gasteiger partial charge in [-0.05, 0) is 55.5 Å². The number of ether oxygens (including phenoxy) is 2. The van der Waals surface area contributed by atoms with Gasteiger partial charge in [0.05, 0.1) is 24.4 Å². The van der Waals surface area contributed by atoms with Gasteiger partial charge >= 0.3 is 0 Å². The van der Waals surface area contributed by atoms with Crippen molar-refractivity contribution < 1.29 is 29.0 Å². The summed E-state index contributed by atoms with van der Waals surface area (Å²) < 4.78 is 11.0. The zero-order valence-electron chi connectivity index (χ0n) is 21.2. The number of hydrogen-bond acceptors (Lipinski definition) is 7. The summed E-state index contributed by atoms with van der Waals surface area (Å²) in [6, 6.07) is 9.95. The van der Waals surface area contributed by atoms with Crippen molar-refractivity contribution in [2.75, 3.05) is 31.0 Å². The molecule has 0 bridgehead atoms. The van der Waals surface area contributed by atoms with Gasteiger partial charge in [0, 0.05) is 41.8 Å². The van der Waals surface area contributed by atoms with E-state index in [1.165, 1.54) is 6.92 Å². The molecule has 1 fully saturated rings. The number of hydrogen-bond donors (Lipinski definition) is 5. The van der Waals surface area contributed by atoms with Gasteiger partial charge in [0.2, 0.25) is 11.8 Å². The van der Waals surface area contributed by atoms with E-state index < -0.39 is 23.3 Å². The molecule has 1 saturated heterocycles. The molecule has 3 amide bonds. The van der Waals surface area contributed by atoms with Crippen molar-refractivity contribution in [3.63, 3.8) is 0 Å². The molecule has 0 saturated carbocycles. The molecule has 3 aliphatic rings. The summed E-state index contributed by atoms with van der Waals surface area (Å²) in [4.78, 5) is 39.4. The third-order valence-corrected chi connectivity index (χ3v) is 7.77. The van der Waals surface area contributed by atoms with E-state index in [9.17, 15) is 19.5 Å². The first kappa shape index (κ1) is 25.5. The van der Waals surface area contributed by atoms with Crippen molar-refractivity contribution in [1.82, 2.24) is 5.32 Å². The highest BCUT2D eigenvalue weighted by molar-refractivity contribution is 6.20. The molecule has 2 atom stereocenters. The van der Waals surface area contributed by atoms with E-state index in [0.29, 0.717) is 55.9 Å². The van der Waals surface area contributed by atoms with Crippen molar-refractivity contribution >= 4 is 34.8 Å². The maximum Gasteiger partial charge on any atom is 0.256 e. The smallest absolute Gasteiger partial charge is 0.256 e. The van der Waals surface area contributed by atoms with E-state index in [2.05, 4.69) is 16.0 Å². The summed E-state index contributed by atoms with van der Waals surface area (Å²) in [5.74, 6) is -1.02. The monoisotopic (exact) mass is 518 g/mol. The molecular formula is C28H30N4O6. The van der Waals surface area contributed by atoms with Crippen LogP contribution in [0.15, 0.2) is 48.2 Å². The number of anilines is 2. The summed E-state index contributed by atoms with van der Waals surface area (Å²) in [7, 11) is 1.55. The molecule has 2 heterocycles. The Labute approximate surface area is 219 Å². The van der Waals surface area contributed by atoms with Gasteiger partial charge in [-0.3, -0.25) is 14.4 Å². The lowest BCUT2D eigenvalue weighted by Crippen LogP contribution is -2.51. The predicted octanol–water partition coefficient (Wildman–Crippen LogP) is 2.94. The number of fused-ring (bicyclic) bond motifs is 3. The second-order valence-corrected chi connectivity index (χ2v) is 9.86. The molecule has 38 heavy (non-hydrogen) atoms. The Morgan fingerprint density at radius 1 is 1.26 bits per heavy atom. The molecule has 0 radical (unpaired) electrons. The number of amides is 3. The SMILES string of the molecule is COc1cccc2c1[C@H](C(NC(=O)/C(=C/O)C(C)=N)C(=O)Nc1ccc3c(c1)NC(=O)C31CCOCC1)C2. The molecule has 0 aromatic heterocycles. The molecule has 10 heteroatoms. The van der Waals surface area contributed by atoms with Crippen molar-refractivity contribution in [3.8, 4) is 5.75 Å². The third-order valence-electron chi connectivity index (χ3n) is 7.77. The quantitative estimate of drug-likeness (QED) is 0.216. The zero-order valence-corrected chi connectivity index (χ0v) is 21.2. The molecule has 2 aromatic carbocycles. The van der Waals surface area contributed by atoms with Crippen LogP contribution in [0.4, 0.5) is 11.4 Å². The molecular weight excluding hydrogens is 488 g/mol. The number of carbonyl (C=O) groups excluding carboxylic acids is 3. The van der Waals surface area contributed by atoms with Crippen LogP contribution in [0.5, 0.6) is 5.75 Å². The van der Waals surface area contributed by atoms with Gasteiger partial charge in [-0.2, -0.15) is 0 Å². The van der Waals surface area contributed by atoms with Gasteiger partial charge in [-0.25, -0.2) is 0 Å². The minimum absolute atomic E-state index is 0.0621. The van der Waals surface area contributed by atoms with Crippen molar-refractivity contribution in [3.05, 3.63) is 64.9 Å². The summed E-state index contributed by atoms with van der Waals surface area (Å²) in [6.07, 6.45) is 2.30. The Bertz CT molecular complexity index is 1360. The molecule has 1 aliphatic carbocycles. The average Bonchev–Trinajstić information content (AvgIpc) is 3.14. The Morgan fingerprint density at radius 2 is 2.03 bits per heavy atom. The average molecular weight is 519 g/mol. The topological polar surface area (TPSA) is 150 Å². The van der Waals surface area contributed by atoms with Gasteiger partial charge in [0.1, 0.15) is 11.8 Å². The summed E-state index contributed by atoms with van der Waals surface area (Å²) in [5.41, 5.74) is 2.89. The molecule has 10 nitrogen and oxygen atoms in total. The highest BCUT2D eigenvalue weighted by atomic mass is 16.5. The van der Waals surface area contributed by atoms with Gasteiger partial charge in [-0.15, -0.1) is 0 Å². The van der Waals surface area contributed by atoms with E-state index >= 15 is 0 Å². The molecule has 1 spiro atoms. The molecule has 5 N–H and O–H groups in total. The van der Waals surface area contributed by atoms with Crippen molar-refractivity contribution in [2.24, 2.45) is 0 Å². The fourth-order valence-corrected chi connectivity index (χ4v) is 5.70. The molecule has 2 aromatic rings. The normalized spacial score (nSPS) is 19.9. The van der Waals surface area contributed by atoms with Gasteiger partial charge in [0.25, 0.3) is 5.91 Å². The maximum absolute atomic E-state index is 13.6. The predicted molar refractivity (Wildman–Crippen MR) is 141 cm³/mol. The fourth-order valence-electron chi connectivity index (χ4n) is 5.70. The molecule has 2 aliphatic heterocycles. The van der Waals surface area contributed by atoms with Crippen LogP contribution in [-0.4, -0.2) is 54.9 Å². The lowest BCUT2D eigenvalue weighted by Gasteiger charge is -2.37. The van der Waals surface area contributed by atoms with Gasteiger partial charge < -0.3 is 35.9 Å². The van der Waals surface area contributed by atoms with E-state index in [-0.39, 0.29) is 23.1 Å². The van der Waals surface area contributed by atoms with Crippen LogP contribution in [0.2, 0.25) is 0 Å². The standard InChI is InChI=1S/C28H30N4O6/c1-15(29)19(14-33)25(34)32-24(18-12-16-4-3-5-22(37-2)23(16)18)26(35)30-17-6-7-20-21(13-17)31-27(36)28(20)8-10-38-11-9-28/h3-7,13-14,18,24,29,33H,8-12H2,1-2H3,(H,30,35)(H,31,36)(H,32,34)/b19-14+,29-15?/t18-,24?/m1/s1. The van der Waals surface area contributed by atoms with E-state index in [1.807, 2.05) is 18.2 Å². The maximum atomic E-state index is 13.6. The van der Waals surface area contributed by atoms with E-state index in [1.54, 1.807) is 25.3 Å². The van der Waals surface area contributed by atoms with Crippen LogP contribution in [0.1, 0.15) is 42.4 Å². The Kier molecular flexibility index (Phi) is 6.66. The Hall–Kier alpha value is -4.18. The van der Waals surface area contributed by atoms with Crippen molar-refractivity contribution in [2.45, 2.75) is 43.6 Å². The minimum Gasteiger partial charge on any atom is -0.515 e. The second kappa shape index (κ2) is 9.94. The first-order valence-corrected chi connectivity index (χ1v) is 12.5. The van der Waals surface area contributed by atoms with Gasteiger partial charge in [-0.1, -0.05) is 18.2 Å². The first-order valence-electron chi connectivity index (χ1n) is 12.5. The highest BCUT2D eigenvalue weighted by Gasteiger charge is 2.48. The lowest BCUT2D eigenvalue weighted by atomic mass is 9.72. The number of benzene rings is 2. The Morgan fingerprint density at radius 3 is 2.71 bits per heavy atom. The van der Waals surface area contributed by atoms with Gasteiger partial charge in [0.15, 0.2) is 0 Å². The number of aliphatic hydroxyl groups excluding tert-OH is 1. The molecule has 5 rings (SSSR count). The van der Waals surface area contributed by atoms with Crippen LogP contribution in [0, 0.1) is 5.41 Å². The molecule has 1 unspecified atom stereocenters. The van der Waals surface area contributed by atoms with Crippen LogP contribution in [-0.2, 0) is 31.0 Å². The fraction of sp³-hybridized carbons (Fsp3) is 0.357. The minimum atomic E-state index is -1.01. The number of rotatable bonds is 7. The highest BCUT2D eigenvalue weighted by Crippen LogP contribution is 2.46. The van der Waals surface area contributed by atoms with Crippen LogP contribution in [0.25, 0.3) is 0 Å². The second-order valence-electron chi connectivity index (χ2n) is 9.86. The lowest BCUT2D eigenvalue weighted by molar-refractivity contribution is -0.124. The van der Waals surface area contributed by atoms with E-state index in [4.69, 9.17) is 14.9 Å². The van der Waals surface area contributed by atoms with Crippen LogP contribution in [0.3, 0.4) is 0 Å². The largest absolute Gasteiger partial charge is 0.515 e. The third kappa shape index (κ3) is 4.20. The number of methoxy groups -OCH3 is 1. The number of aliphatic hydroxyl groups is 1. The first-order chi connectivity index (χ1) is 18.3. The zero-order chi connectivity index (χ0) is 27.0. The Balaban J connectivity index is 1.42. The molecule has 198 valence electrons. The van der Waals surface area contributed by atoms with Crippen LogP contribution >= 0.6 is 0 Å². The summed E-state index contributed by atoms with van der Waals surface area (Å²) >= 11 is 0.